The molecule has 6 nitrogen and oxygen atoms in total. The predicted octanol–water partition coefficient (Wildman–Crippen LogP) is 5.79. The number of ether oxygens (including phenoxy) is 3. The van der Waals surface area contributed by atoms with Crippen LogP contribution in [0.3, 0.4) is 0 Å². The molecule has 2 bridgehead atoms. The molecule has 194 valence electrons. The van der Waals surface area contributed by atoms with Gasteiger partial charge in [-0.15, -0.1) is 0 Å². The summed E-state index contributed by atoms with van der Waals surface area (Å²) in [4.78, 5) is 19.6. The molecule has 1 aliphatic heterocycles. The number of carbonyl (C=O) groups excluding carboxylic acids is 1. The first-order chi connectivity index (χ1) is 18.7. The summed E-state index contributed by atoms with van der Waals surface area (Å²) in [5.74, 6) is 1.50. The summed E-state index contributed by atoms with van der Waals surface area (Å²) in [5.41, 5.74) is 6.10. The van der Waals surface area contributed by atoms with E-state index in [2.05, 4.69) is 47.4 Å². The Hall–Kier alpha value is -4.16. The highest BCUT2D eigenvalue weighted by molar-refractivity contribution is 5.94. The van der Waals surface area contributed by atoms with Gasteiger partial charge in [0, 0.05) is 43.0 Å². The summed E-state index contributed by atoms with van der Waals surface area (Å²) in [5, 5.41) is 0. The average Bonchev–Trinajstić information content (AvgIpc) is 2.95. The van der Waals surface area contributed by atoms with E-state index in [0.717, 1.165) is 33.6 Å². The maximum absolute atomic E-state index is 13.5. The minimum atomic E-state index is -0.0460. The molecule has 38 heavy (non-hydrogen) atoms. The number of pyridine rings is 1. The molecule has 0 N–H and O–H groups in total. The topological polar surface area (TPSA) is 60.9 Å². The number of amides is 1. The van der Waals surface area contributed by atoms with Crippen LogP contribution in [0.2, 0.25) is 0 Å². The molecular formula is C32H32N2O4. The molecule has 0 radical (unpaired) electrons. The summed E-state index contributed by atoms with van der Waals surface area (Å²) in [6.07, 6.45) is 4.36. The summed E-state index contributed by atoms with van der Waals surface area (Å²) in [6, 6.07) is 26.0. The molecule has 0 atom stereocenters. The van der Waals surface area contributed by atoms with E-state index in [1.54, 1.807) is 12.3 Å². The van der Waals surface area contributed by atoms with Crippen LogP contribution < -0.4 is 9.47 Å². The number of carbonyl (C=O) groups is 1. The molecule has 1 aromatic heterocycles. The molecule has 3 aromatic carbocycles. The van der Waals surface area contributed by atoms with Gasteiger partial charge in [-0.3, -0.25) is 9.78 Å². The van der Waals surface area contributed by atoms with E-state index < -0.39 is 0 Å². The summed E-state index contributed by atoms with van der Waals surface area (Å²) in [6.45, 7) is 4.76. The Morgan fingerprint density at radius 1 is 0.921 bits per heavy atom. The third kappa shape index (κ3) is 6.39. The number of nitrogens with zero attached hydrogens (tertiary/aromatic N) is 2. The van der Waals surface area contributed by atoms with E-state index in [0.29, 0.717) is 57.3 Å². The molecule has 0 saturated heterocycles. The van der Waals surface area contributed by atoms with Gasteiger partial charge in [0.15, 0.2) is 0 Å². The van der Waals surface area contributed by atoms with E-state index >= 15 is 0 Å². The fraction of sp³-hybridized carbons (Fsp3) is 0.250. The van der Waals surface area contributed by atoms with Crippen molar-refractivity contribution >= 4 is 5.91 Å². The average molecular weight is 509 g/mol. The molecule has 0 aliphatic carbocycles. The van der Waals surface area contributed by atoms with Crippen LogP contribution in [0.15, 0.2) is 91.3 Å². The second-order valence-corrected chi connectivity index (χ2v) is 9.21. The summed E-state index contributed by atoms with van der Waals surface area (Å²) in [7, 11) is 0. The lowest BCUT2D eigenvalue weighted by atomic mass is 9.98. The fourth-order valence-corrected chi connectivity index (χ4v) is 4.66. The van der Waals surface area contributed by atoms with Gasteiger partial charge < -0.3 is 19.1 Å². The first-order valence-electron chi connectivity index (χ1n) is 13.0. The highest BCUT2D eigenvalue weighted by Gasteiger charge is 2.18. The first kappa shape index (κ1) is 25.5. The van der Waals surface area contributed by atoms with Crippen molar-refractivity contribution in [2.24, 2.45) is 0 Å². The van der Waals surface area contributed by atoms with Gasteiger partial charge in [-0.2, -0.15) is 0 Å². The number of aromatic nitrogens is 1. The van der Waals surface area contributed by atoms with E-state index in [1.165, 1.54) is 0 Å². The number of hydrogen-bond donors (Lipinski definition) is 0. The molecule has 0 spiro atoms. The van der Waals surface area contributed by atoms with Crippen LogP contribution in [0.5, 0.6) is 11.5 Å². The Morgan fingerprint density at radius 2 is 1.82 bits per heavy atom. The van der Waals surface area contributed by atoms with Crippen LogP contribution >= 0.6 is 0 Å². The van der Waals surface area contributed by atoms with Crippen molar-refractivity contribution in [3.8, 4) is 22.6 Å². The van der Waals surface area contributed by atoms with Crippen LogP contribution in [0.1, 0.15) is 34.0 Å². The Morgan fingerprint density at radius 3 is 2.68 bits per heavy atom. The minimum Gasteiger partial charge on any atom is -0.494 e. The number of benzene rings is 3. The van der Waals surface area contributed by atoms with Crippen molar-refractivity contribution in [2.75, 3.05) is 33.0 Å². The zero-order valence-corrected chi connectivity index (χ0v) is 21.6. The van der Waals surface area contributed by atoms with Crippen molar-refractivity contribution in [2.45, 2.75) is 19.9 Å². The van der Waals surface area contributed by atoms with E-state index in [1.807, 2.05) is 48.4 Å². The SMILES string of the molecule is CCOc1cccc(C(=O)N2CCOCCOc3ccc(-c4cccnc4)cc3Cc3cccc(c3)C2)c1. The van der Waals surface area contributed by atoms with E-state index in [-0.39, 0.29) is 5.91 Å². The van der Waals surface area contributed by atoms with Gasteiger partial charge >= 0.3 is 0 Å². The third-order valence-corrected chi connectivity index (χ3v) is 6.48. The zero-order chi connectivity index (χ0) is 26.2. The van der Waals surface area contributed by atoms with Crippen molar-refractivity contribution < 1.29 is 19.0 Å². The lowest BCUT2D eigenvalue weighted by molar-refractivity contribution is 0.0571. The smallest absolute Gasteiger partial charge is 0.254 e. The standard InChI is InChI=1S/C32H32N2O4/c1-2-37-30-10-4-8-27(21-30)32(35)34-14-15-36-16-17-38-31-12-11-26(28-9-5-13-33-22-28)20-29(31)19-24-6-3-7-25(18-24)23-34/h3-13,18,20-22H,2,14-17,19,23H2,1H3. The molecule has 0 saturated carbocycles. The number of fused-ring (bicyclic) bond motifs is 3. The number of hydrogen-bond acceptors (Lipinski definition) is 5. The monoisotopic (exact) mass is 508 g/mol. The van der Waals surface area contributed by atoms with Gasteiger partial charge in [-0.05, 0) is 65.6 Å². The first-order valence-corrected chi connectivity index (χ1v) is 13.0. The van der Waals surface area contributed by atoms with Crippen molar-refractivity contribution in [3.63, 3.8) is 0 Å². The molecular weight excluding hydrogens is 476 g/mol. The Kier molecular flexibility index (Phi) is 8.31. The molecule has 1 amide bonds. The predicted molar refractivity (Wildman–Crippen MR) is 148 cm³/mol. The van der Waals surface area contributed by atoms with Crippen molar-refractivity contribution in [3.05, 3.63) is 114 Å². The van der Waals surface area contributed by atoms with Gasteiger partial charge in [0.2, 0.25) is 0 Å². The Balaban J connectivity index is 1.43. The van der Waals surface area contributed by atoms with Crippen LogP contribution in [0.4, 0.5) is 0 Å². The molecule has 0 unspecified atom stereocenters. The highest BCUT2D eigenvalue weighted by atomic mass is 16.5. The van der Waals surface area contributed by atoms with Crippen LogP contribution in [0, 0.1) is 0 Å². The summed E-state index contributed by atoms with van der Waals surface area (Å²) < 4.78 is 17.6. The fourth-order valence-electron chi connectivity index (χ4n) is 4.66. The molecule has 4 aromatic rings. The molecule has 2 heterocycles. The third-order valence-electron chi connectivity index (χ3n) is 6.48. The lowest BCUT2D eigenvalue weighted by Crippen LogP contribution is -2.34. The molecule has 6 heteroatoms. The minimum absolute atomic E-state index is 0.0460. The lowest BCUT2D eigenvalue weighted by Gasteiger charge is -2.24. The van der Waals surface area contributed by atoms with Gasteiger partial charge in [-0.25, -0.2) is 0 Å². The van der Waals surface area contributed by atoms with Gasteiger partial charge in [0.1, 0.15) is 18.1 Å². The van der Waals surface area contributed by atoms with Crippen LogP contribution in [0.25, 0.3) is 11.1 Å². The van der Waals surface area contributed by atoms with Crippen molar-refractivity contribution in [1.29, 1.82) is 0 Å². The second kappa shape index (κ2) is 12.4. The Bertz CT molecular complexity index is 1370. The molecule has 1 aliphatic rings. The quantitative estimate of drug-likeness (QED) is 0.349. The largest absolute Gasteiger partial charge is 0.494 e. The molecule has 5 rings (SSSR count). The maximum atomic E-state index is 13.5. The number of rotatable bonds is 4. The van der Waals surface area contributed by atoms with Gasteiger partial charge in [0.05, 0.1) is 19.8 Å². The van der Waals surface area contributed by atoms with Crippen LogP contribution in [-0.2, 0) is 17.7 Å². The van der Waals surface area contributed by atoms with E-state index in [9.17, 15) is 4.79 Å². The molecule has 0 fully saturated rings. The normalized spacial score (nSPS) is 14.1. The van der Waals surface area contributed by atoms with Gasteiger partial charge in [0.25, 0.3) is 5.91 Å². The Labute approximate surface area is 223 Å². The van der Waals surface area contributed by atoms with Gasteiger partial charge in [-0.1, -0.05) is 42.5 Å². The summed E-state index contributed by atoms with van der Waals surface area (Å²) >= 11 is 0. The highest BCUT2D eigenvalue weighted by Crippen LogP contribution is 2.29. The van der Waals surface area contributed by atoms with Crippen molar-refractivity contribution in [1.82, 2.24) is 9.88 Å². The van der Waals surface area contributed by atoms with Crippen LogP contribution in [-0.4, -0.2) is 48.8 Å². The zero-order valence-electron chi connectivity index (χ0n) is 21.6. The van der Waals surface area contributed by atoms with E-state index in [4.69, 9.17) is 14.2 Å². The maximum Gasteiger partial charge on any atom is 0.254 e. The second-order valence-electron chi connectivity index (χ2n) is 9.21.